The lowest BCUT2D eigenvalue weighted by molar-refractivity contribution is -0.385. The third-order valence-electron chi connectivity index (χ3n) is 4.11. The van der Waals surface area contributed by atoms with Gasteiger partial charge in [0.1, 0.15) is 5.82 Å². The monoisotopic (exact) mass is 343 g/mol. The molecule has 0 saturated carbocycles. The number of nitro groups is 1. The fourth-order valence-electron chi connectivity index (χ4n) is 2.71. The van der Waals surface area contributed by atoms with Gasteiger partial charge in [0.15, 0.2) is 0 Å². The Hall–Kier alpha value is -2.70. The summed E-state index contributed by atoms with van der Waals surface area (Å²) in [6, 6.07) is 6.97. The lowest BCUT2D eigenvalue weighted by Crippen LogP contribution is -2.23. The molecule has 0 atom stereocenters. The summed E-state index contributed by atoms with van der Waals surface area (Å²) >= 11 is 0. The van der Waals surface area contributed by atoms with E-state index in [-0.39, 0.29) is 10.6 Å². The van der Waals surface area contributed by atoms with Crippen LogP contribution in [-0.2, 0) is 6.42 Å². The summed E-state index contributed by atoms with van der Waals surface area (Å²) in [4.78, 5) is 22.1. The lowest BCUT2D eigenvalue weighted by Gasteiger charge is -2.21. The first-order chi connectivity index (χ1) is 12.0. The van der Waals surface area contributed by atoms with Crippen molar-refractivity contribution in [3.63, 3.8) is 0 Å². The quantitative estimate of drug-likeness (QED) is 0.570. The highest BCUT2D eigenvalue weighted by Crippen LogP contribution is 2.27. The number of aryl methyl sites for hydroxylation is 1. The van der Waals surface area contributed by atoms with Crippen LogP contribution in [0.25, 0.3) is 0 Å². The zero-order valence-corrected chi connectivity index (χ0v) is 15.2. The first-order valence-corrected chi connectivity index (χ1v) is 8.64. The zero-order valence-electron chi connectivity index (χ0n) is 15.2. The van der Waals surface area contributed by atoms with Gasteiger partial charge in [-0.25, -0.2) is 4.98 Å². The van der Waals surface area contributed by atoms with Crippen molar-refractivity contribution in [3.05, 3.63) is 45.6 Å². The number of hydrogen-bond acceptors (Lipinski definition) is 6. The van der Waals surface area contributed by atoms with Gasteiger partial charge in [-0.15, -0.1) is 0 Å². The Morgan fingerprint density at radius 2 is 1.92 bits per heavy atom. The number of nitrogens with zero attached hydrogens (tertiary/aromatic N) is 4. The maximum Gasteiger partial charge on any atom is 0.274 e. The minimum Gasteiger partial charge on any atom is -0.357 e. The predicted molar refractivity (Wildman–Crippen MR) is 101 cm³/mol. The Labute approximate surface area is 148 Å². The Morgan fingerprint density at radius 1 is 1.20 bits per heavy atom. The van der Waals surface area contributed by atoms with E-state index >= 15 is 0 Å². The minimum absolute atomic E-state index is 0.0821. The Bertz CT molecular complexity index is 744. The van der Waals surface area contributed by atoms with E-state index in [2.05, 4.69) is 41.0 Å². The third-order valence-corrected chi connectivity index (χ3v) is 4.11. The smallest absolute Gasteiger partial charge is 0.274 e. The van der Waals surface area contributed by atoms with Crippen molar-refractivity contribution < 1.29 is 4.92 Å². The van der Waals surface area contributed by atoms with E-state index in [1.807, 2.05) is 6.07 Å². The van der Waals surface area contributed by atoms with Crippen molar-refractivity contribution >= 4 is 23.1 Å². The van der Waals surface area contributed by atoms with E-state index in [0.29, 0.717) is 17.2 Å². The molecule has 0 bridgehead atoms. The Morgan fingerprint density at radius 3 is 2.52 bits per heavy atom. The molecule has 0 amide bonds. The van der Waals surface area contributed by atoms with Gasteiger partial charge in [0.25, 0.3) is 5.69 Å². The molecular formula is C18H25N5O2. The maximum atomic E-state index is 11.1. The lowest BCUT2D eigenvalue weighted by atomic mass is 10.1. The highest BCUT2D eigenvalue weighted by molar-refractivity contribution is 5.65. The van der Waals surface area contributed by atoms with E-state index in [4.69, 9.17) is 0 Å². The molecule has 2 rings (SSSR count). The first-order valence-electron chi connectivity index (χ1n) is 8.64. The normalized spacial score (nSPS) is 10.6. The second kappa shape index (κ2) is 8.41. The summed E-state index contributed by atoms with van der Waals surface area (Å²) in [6.45, 7) is 9.72. The van der Waals surface area contributed by atoms with E-state index in [1.165, 1.54) is 6.07 Å². The number of benzene rings is 1. The van der Waals surface area contributed by atoms with Gasteiger partial charge in [0, 0.05) is 30.9 Å². The molecule has 0 aliphatic heterocycles. The first kappa shape index (κ1) is 18.6. The van der Waals surface area contributed by atoms with Gasteiger partial charge in [-0.2, -0.15) is 4.98 Å². The van der Waals surface area contributed by atoms with Crippen LogP contribution >= 0.6 is 0 Å². The summed E-state index contributed by atoms with van der Waals surface area (Å²) in [5.74, 6) is 1.34. The number of aromatic nitrogens is 2. The maximum absolute atomic E-state index is 11.1. The van der Waals surface area contributed by atoms with Gasteiger partial charge in [0.05, 0.1) is 16.2 Å². The molecular weight excluding hydrogens is 318 g/mol. The van der Waals surface area contributed by atoms with Gasteiger partial charge in [-0.3, -0.25) is 10.1 Å². The number of anilines is 3. The van der Waals surface area contributed by atoms with Gasteiger partial charge < -0.3 is 10.2 Å². The molecule has 1 heterocycles. The van der Waals surface area contributed by atoms with Crippen LogP contribution in [0.15, 0.2) is 24.3 Å². The van der Waals surface area contributed by atoms with Crippen LogP contribution in [0.3, 0.4) is 0 Å². The van der Waals surface area contributed by atoms with Crippen LogP contribution < -0.4 is 10.2 Å². The topological polar surface area (TPSA) is 84.2 Å². The average Bonchev–Trinajstić information content (AvgIpc) is 2.58. The second-order valence-electron chi connectivity index (χ2n) is 5.80. The van der Waals surface area contributed by atoms with Crippen molar-refractivity contribution in [2.75, 3.05) is 23.3 Å². The van der Waals surface area contributed by atoms with Crippen LogP contribution in [0.2, 0.25) is 0 Å². The summed E-state index contributed by atoms with van der Waals surface area (Å²) in [5.41, 5.74) is 2.26. The van der Waals surface area contributed by atoms with Crippen molar-refractivity contribution in [1.29, 1.82) is 0 Å². The van der Waals surface area contributed by atoms with E-state index in [0.717, 1.165) is 37.4 Å². The average molecular weight is 343 g/mol. The van der Waals surface area contributed by atoms with Crippen molar-refractivity contribution in [2.24, 2.45) is 0 Å². The molecule has 25 heavy (non-hydrogen) atoms. The van der Waals surface area contributed by atoms with E-state index < -0.39 is 0 Å². The van der Waals surface area contributed by atoms with Crippen LogP contribution in [0.5, 0.6) is 0 Å². The predicted octanol–water partition coefficient (Wildman–Crippen LogP) is 4.24. The molecule has 134 valence electrons. The number of nitrogens with one attached hydrogen (secondary N) is 1. The van der Waals surface area contributed by atoms with Crippen molar-refractivity contribution in [3.8, 4) is 0 Å². The molecule has 0 aliphatic carbocycles. The summed E-state index contributed by atoms with van der Waals surface area (Å²) < 4.78 is 0. The highest BCUT2D eigenvalue weighted by Gasteiger charge is 2.15. The Balaban J connectivity index is 2.42. The largest absolute Gasteiger partial charge is 0.357 e. The molecule has 0 radical (unpaired) electrons. The van der Waals surface area contributed by atoms with Crippen LogP contribution in [0.1, 0.15) is 38.4 Å². The molecule has 7 heteroatoms. The molecule has 0 fully saturated rings. The van der Waals surface area contributed by atoms with Crippen LogP contribution in [0.4, 0.5) is 23.1 Å². The van der Waals surface area contributed by atoms with Crippen molar-refractivity contribution in [2.45, 2.75) is 40.5 Å². The molecule has 0 aliphatic rings. The molecule has 0 saturated heterocycles. The number of hydrogen-bond donors (Lipinski definition) is 1. The minimum atomic E-state index is -0.379. The SMILES string of the molecule is CCCc1cc(N(CC)CC)nc(Nc2cccc([N+](=O)[O-])c2C)n1. The third kappa shape index (κ3) is 4.43. The summed E-state index contributed by atoms with van der Waals surface area (Å²) in [5, 5.41) is 14.3. The molecule has 7 nitrogen and oxygen atoms in total. The molecule has 1 N–H and O–H groups in total. The van der Waals surface area contributed by atoms with Gasteiger partial charge in [-0.05, 0) is 33.3 Å². The summed E-state index contributed by atoms with van der Waals surface area (Å²) in [6.07, 6.45) is 1.85. The molecule has 1 aromatic carbocycles. The second-order valence-corrected chi connectivity index (χ2v) is 5.80. The van der Waals surface area contributed by atoms with Crippen molar-refractivity contribution in [1.82, 2.24) is 9.97 Å². The molecule has 2 aromatic rings. The molecule has 1 aromatic heterocycles. The highest BCUT2D eigenvalue weighted by atomic mass is 16.6. The number of rotatable bonds is 8. The molecule has 0 unspecified atom stereocenters. The van der Waals surface area contributed by atoms with Crippen LogP contribution in [0, 0.1) is 17.0 Å². The zero-order chi connectivity index (χ0) is 18.4. The van der Waals surface area contributed by atoms with Gasteiger partial charge in [0.2, 0.25) is 5.95 Å². The molecule has 0 spiro atoms. The fourth-order valence-corrected chi connectivity index (χ4v) is 2.71. The van der Waals surface area contributed by atoms with E-state index in [9.17, 15) is 10.1 Å². The number of nitro benzene ring substituents is 1. The fraction of sp³-hybridized carbons (Fsp3) is 0.444. The van der Waals surface area contributed by atoms with Crippen LogP contribution in [-0.4, -0.2) is 28.0 Å². The Kier molecular flexibility index (Phi) is 6.27. The van der Waals surface area contributed by atoms with E-state index in [1.54, 1.807) is 19.1 Å². The van der Waals surface area contributed by atoms with Gasteiger partial charge in [-0.1, -0.05) is 19.4 Å². The standard InChI is InChI=1S/C18H25N5O2/c1-5-9-14-12-17(22(6-2)7-3)21-18(19-14)20-15-10-8-11-16(13(15)4)23(24)25/h8,10-12H,5-7,9H2,1-4H3,(H,19,20,21). The van der Waals surface area contributed by atoms with Gasteiger partial charge >= 0.3 is 0 Å². The summed E-state index contributed by atoms with van der Waals surface area (Å²) in [7, 11) is 0.